The van der Waals surface area contributed by atoms with E-state index in [0.717, 1.165) is 47.8 Å². The number of benzene rings is 3. The molecule has 0 saturated heterocycles. The van der Waals surface area contributed by atoms with Crippen molar-refractivity contribution in [1.82, 2.24) is 0 Å². The minimum Gasteiger partial charge on any atom is -0.462 e. The number of carbonyl (C=O) groups is 2. The zero-order chi connectivity index (χ0) is 27.6. The molecule has 0 radical (unpaired) electrons. The van der Waals surface area contributed by atoms with E-state index >= 15 is 0 Å². The number of fused-ring (bicyclic) bond motifs is 1. The fraction of sp³-hybridized carbons (Fsp3) is 0.267. The standard InChI is InChI=1S/C30H28FNO6S/c1-2-37-30(34)27-25-19-23(15-18-26(25)38-28(27)20-9-5-3-6-10-20)32(29(33)21-11-7-4-8-12-21)39(35,36)24-16-13-22(31)14-17-24/h3,5-6,9-10,13-19,21H,2,4,7-8,11-12H2,1H3. The molecule has 4 aromatic rings. The number of halogens is 1. The van der Waals surface area contributed by atoms with E-state index in [0.29, 0.717) is 29.4 Å². The number of hydrogen-bond acceptors (Lipinski definition) is 6. The molecular formula is C30H28FNO6S. The van der Waals surface area contributed by atoms with Gasteiger partial charge in [-0.15, -0.1) is 0 Å². The molecule has 3 aromatic carbocycles. The van der Waals surface area contributed by atoms with Crippen LogP contribution in [-0.2, 0) is 19.6 Å². The molecule has 1 aliphatic rings. The molecule has 7 nitrogen and oxygen atoms in total. The summed E-state index contributed by atoms with van der Waals surface area (Å²) < 4.78 is 53.5. The molecule has 39 heavy (non-hydrogen) atoms. The van der Waals surface area contributed by atoms with Crippen LogP contribution in [0, 0.1) is 11.7 Å². The summed E-state index contributed by atoms with van der Waals surface area (Å²) in [6.45, 7) is 1.82. The Morgan fingerprint density at radius 3 is 2.33 bits per heavy atom. The van der Waals surface area contributed by atoms with Gasteiger partial charge in [0.05, 0.1) is 17.2 Å². The van der Waals surface area contributed by atoms with E-state index in [-0.39, 0.29) is 28.5 Å². The van der Waals surface area contributed by atoms with Crippen molar-refractivity contribution in [1.29, 1.82) is 0 Å². The molecule has 1 heterocycles. The normalized spacial score (nSPS) is 14.3. The second kappa shape index (κ2) is 11.0. The Balaban J connectivity index is 1.70. The van der Waals surface area contributed by atoms with E-state index in [1.807, 2.05) is 18.2 Å². The van der Waals surface area contributed by atoms with Gasteiger partial charge in [0.15, 0.2) is 0 Å². The highest BCUT2D eigenvalue weighted by molar-refractivity contribution is 7.93. The summed E-state index contributed by atoms with van der Waals surface area (Å²) >= 11 is 0. The van der Waals surface area contributed by atoms with Gasteiger partial charge in [-0.05, 0) is 62.2 Å². The summed E-state index contributed by atoms with van der Waals surface area (Å²) in [7, 11) is -4.41. The van der Waals surface area contributed by atoms with Crippen molar-refractivity contribution in [2.24, 2.45) is 5.92 Å². The monoisotopic (exact) mass is 549 g/mol. The summed E-state index contributed by atoms with van der Waals surface area (Å²) in [5.41, 5.74) is 1.19. The second-order valence-corrected chi connectivity index (χ2v) is 11.3. The zero-order valence-corrected chi connectivity index (χ0v) is 22.2. The molecule has 1 aliphatic carbocycles. The van der Waals surface area contributed by atoms with Crippen molar-refractivity contribution in [3.05, 3.63) is 84.2 Å². The fourth-order valence-corrected chi connectivity index (χ4v) is 6.49. The van der Waals surface area contributed by atoms with E-state index in [9.17, 15) is 22.4 Å². The van der Waals surface area contributed by atoms with Gasteiger partial charge in [-0.2, -0.15) is 0 Å². The van der Waals surface area contributed by atoms with Crippen molar-refractivity contribution in [2.75, 3.05) is 10.9 Å². The predicted octanol–water partition coefficient (Wildman–Crippen LogP) is 6.72. The van der Waals surface area contributed by atoms with Gasteiger partial charge in [0, 0.05) is 16.9 Å². The lowest BCUT2D eigenvalue weighted by molar-refractivity contribution is -0.122. The highest BCUT2D eigenvalue weighted by Gasteiger charge is 2.36. The number of nitrogens with zero attached hydrogens (tertiary/aromatic N) is 1. The third-order valence-electron chi connectivity index (χ3n) is 6.93. The molecular weight excluding hydrogens is 521 g/mol. The highest BCUT2D eigenvalue weighted by atomic mass is 32.2. The minimum absolute atomic E-state index is 0.0633. The Hall–Kier alpha value is -3.98. The van der Waals surface area contributed by atoms with Crippen LogP contribution in [0.25, 0.3) is 22.3 Å². The average Bonchev–Trinajstić information content (AvgIpc) is 3.33. The minimum atomic E-state index is -4.41. The first-order chi connectivity index (χ1) is 18.8. The Morgan fingerprint density at radius 1 is 0.974 bits per heavy atom. The number of anilines is 1. The van der Waals surface area contributed by atoms with Crippen LogP contribution in [0.15, 0.2) is 82.1 Å². The fourth-order valence-electron chi connectivity index (χ4n) is 5.02. The molecule has 202 valence electrons. The van der Waals surface area contributed by atoms with Crippen LogP contribution < -0.4 is 4.31 Å². The van der Waals surface area contributed by atoms with Crippen LogP contribution in [0.2, 0.25) is 0 Å². The number of rotatable bonds is 7. The van der Waals surface area contributed by atoms with E-state index in [2.05, 4.69) is 0 Å². The second-order valence-electron chi connectivity index (χ2n) is 9.47. The summed E-state index contributed by atoms with van der Waals surface area (Å²) in [6.07, 6.45) is 3.80. The van der Waals surface area contributed by atoms with Crippen LogP contribution in [-0.4, -0.2) is 26.9 Å². The van der Waals surface area contributed by atoms with Crippen LogP contribution >= 0.6 is 0 Å². The maximum atomic E-state index is 13.9. The SMILES string of the molecule is CCOC(=O)c1c(-c2ccccc2)oc2ccc(N(C(=O)C3CCCCC3)S(=O)(=O)c3ccc(F)cc3)cc12. The van der Waals surface area contributed by atoms with Gasteiger partial charge in [0.1, 0.15) is 22.7 Å². The van der Waals surface area contributed by atoms with Crippen molar-refractivity contribution in [2.45, 2.75) is 43.9 Å². The third kappa shape index (κ3) is 5.18. The van der Waals surface area contributed by atoms with Crippen LogP contribution in [0.5, 0.6) is 0 Å². The maximum absolute atomic E-state index is 13.9. The van der Waals surface area contributed by atoms with E-state index in [1.165, 1.54) is 12.1 Å². The van der Waals surface area contributed by atoms with Crippen molar-refractivity contribution < 1.29 is 31.6 Å². The third-order valence-corrected chi connectivity index (χ3v) is 8.67. The van der Waals surface area contributed by atoms with Gasteiger partial charge < -0.3 is 9.15 Å². The Kier molecular flexibility index (Phi) is 7.52. The molecule has 1 aromatic heterocycles. The number of hydrogen-bond donors (Lipinski definition) is 0. The Morgan fingerprint density at radius 2 is 1.67 bits per heavy atom. The largest absolute Gasteiger partial charge is 0.462 e. The summed E-state index contributed by atoms with van der Waals surface area (Å²) in [6, 6.07) is 17.9. The number of sulfonamides is 1. The van der Waals surface area contributed by atoms with Gasteiger partial charge in [-0.25, -0.2) is 21.9 Å². The van der Waals surface area contributed by atoms with Crippen molar-refractivity contribution >= 4 is 38.6 Å². The molecule has 5 rings (SSSR count). The number of furan rings is 1. The van der Waals surface area contributed by atoms with E-state index < -0.39 is 33.6 Å². The number of ether oxygens (including phenoxy) is 1. The topological polar surface area (TPSA) is 93.9 Å². The quantitative estimate of drug-likeness (QED) is 0.238. The lowest BCUT2D eigenvalue weighted by Gasteiger charge is -2.29. The molecule has 0 spiro atoms. The van der Waals surface area contributed by atoms with Crippen molar-refractivity contribution in [3.8, 4) is 11.3 Å². The molecule has 0 bridgehead atoms. The van der Waals surface area contributed by atoms with Crippen molar-refractivity contribution in [3.63, 3.8) is 0 Å². The molecule has 1 fully saturated rings. The Labute approximate surface area is 226 Å². The van der Waals surface area contributed by atoms with Gasteiger partial charge >= 0.3 is 5.97 Å². The van der Waals surface area contributed by atoms with Gasteiger partial charge in [0.25, 0.3) is 10.0 Å². The van der Waals surface area contributed by atoms with Crippen LogP contribution in [0.3, 0.4) is 0 Å². The first-order valence-corrected chi connectivity index (χ1v) is 14.4. The zero-order valence-electron chi connectivity index (χ0n) is 21.4. The molecule has 1 saturated carbocycles. The van der Waals surface area contributed by atoms with E-state index in [4.69, 9.17) is 9.15 Å². The van der Waals surface area contributed by atoms with Crippen LogP contribution in [0.1, 0.15) is 49.4 Å². The summed E-state index contributed by atoms with van der Waals surface area (Å²) in [4.78, 5) is 26.7. The average molecular weight is 550 g/mol. The Bertz CT molecular complexity index is 1610. The van der Waals surface area contributed by atoms with Gasteiger partial charge in [-0.1, -0.05) is 49.6 Å². The lowest BCUT2D eigenvalue weighted by Crippen LogP contribution is -2.41. The molecule has 0 atom stereocenters. The summed E-state index contributed by atoms with van der Waals surface area (Å²) in [5, 5.41) is 0.320. The number of amides is 1. The number of carbonyl (C=O) groups excluding carboxylic acids is 2. The molecule has 0 unspecified atom stereocenters. The number of esters is 1. The van der Waals surface area contributed by atoms with E-state index in [1.54, 1.807) is 25.1 Å². The van der Waals surface area contributed by atoms with Crippen LogP contribution in [0.4, 0.5) is 10.1 Å². The van der Waals surface area contributed by atoms with Gasteiger partial charge in [-0.3, -0.25) is 4.79 Å². The lowest BCUT2D eigenvalue weighted by atomic mass is 9.88. The summed E-state index contributed by atoms with van der Waals surface area (Å²) in [5.74, 6) is -1.96. The first-order valence-electron chi connectivity index (χ1n) is 12.9. The maximum Gasteiger partial charge on any atom is 0.342 e. The predicted molar refractivity (Wildman–Crippen MR) is 145 cm³/mol. The smallest absolute Gasteiger partial charge is 0.342 e. The molecule has 9 heteroatoms. The molecule has 1 amide bonds. The first kappa shape index (κ1) is 26.6. The van der Waals surface area contributed by atoms with Gasteiger partial charge in [0.2, 0.25) is 5.91 Å². The highest BCUT2D eigenvalue weighted by Crippen LogP contribution is 2.38. The molecule has 0 aliphatic heterocycles. The molecule has 0 N–H and O–H groups in total.